The first kappa shape index (κ1) is 13.0. The Bertz CT molecular complexity index is 869. The molecule has 6 heteroatoms. The summed E-state index contributed by atoms with van der Waals surface area (Å²) in [6.45, 7) is 0. The summed E-state index contributed by atoms with van der Waals surface area (Å²) in [5.41, 5.74) is 1.49. The number of carboxylic acids is 1. The molecule has 1 N–H and O–H groups in total. The smallest absolute Gasteiger partial charge is 0.307 e. The average molecular weight is 281 g/mol. The van der Waals surface area contributed by atoms with Crippen LogP contribution in [0.25, 0.3) is 16.6 Å². The standard InChI is InChI=1S/C15H11N3O3/c19-14(20)9-10-5-7-11(8-6-10)18-15(21)12-3-1-2-4-13(12)16-17-18/h1-8H,9H2,(H,19,20). The molecular formula is C15H11N3O3. The molecule has 0 unspecified atom stereocenters. The molecule has 0 amide bonds. The molecule has 21 heavy (non-hydrogen) atoms. The highest BCUT2D eigenvalue weighted by atomic mass is 16.4. The van der Waals surface area contributed by atoms with E-state index in [0.29, 0.717) is 22.2 Å². The van der Waals surface area contributed by atoms with Crippen LogP contribution in [0.1, 0.15) is 5.56 Å². The zero-order chi connectivity index (χ0) is 14.8. The number of aromatic nitrogens is 3. The van der Waals surface area contributed by atoms with Crippen LogP contribution >= 0.6 is 0 Å². The molecule has 0 saturated heterocycles. The Morgan fingerprint density at radius 1 is 1.10 bits per heavy atom. The van der Waals surface area contributed by atoms with E-state index >= 15 is 0 Å². The van der Waals surface area contributed by atoms with Crippen LogP contribution in [0.4, 0.5) is 0 Å². The average Bonchev–Trinajstić information content (AvgIpc) is 2.48. The van der Waals surface area contributed by atoms with Gasteiger partial charge in [0.25, 0.3) is 5.56 Å². The monoisotopic (exact) mass is 281 g/mol. The number of hydrogen-bond acceptors (Lipinski definition) is 4. The molecule has 0 spiro atoms. The van der Waals surface area contributed by atoms with Gasteiger partial charge in [0.15, 0.2) is 0 Å². The van der Waals surface area contributed by atoms with E-state index in [1.165, 1.54) is 4.68 Å². The summed E-state index contributed by atoms with van der Waals surface area (Å²) >= 11 is 0. The van der Waals surface area contributed by atoms with Crippen LogP contribution < -0.4 is 5.56 Å². The predicted molar refractivity (Wildman–Crippen MR) is 76.5 cm³/mol. The van der Waals surface area contributed by atoms with Crippen LogP contribution in [0.15, 0.2) is 53.3 Å². The minimum atomic E-state index is -0.898. The van der Waals surface area contributed by atoms with Gasteiger partial charge in [-0.05, 0) is 29.8 Å². The molecule has 3 rings (SSSR count). The van der Waals surface area contributed by atoms with Crippen LogP contribution in [-0.2, 0) is 11.2 Å². The molecule has 0 aliphatic rings. The maximum absolute atomic E-state index is 12.4. The normalized spacial score (nSPS) is 10.7. The highest BCUT2D eigenvalue weighted by molar-refractivity contribution is 5.76. The van der Waals surface area contributed by atoms with Gasteiger partial charge in [-0.25, -0.2) is 0 Å². The third kappa shape index (κ3) is 2.51. The highest BCUT2D eigenvalue weighted by Crippen LogP contribution is 2.09. The Hall–Kier alpha value is -3.02. The SMILES string of the molecule is O=C(O)Cc1ccc(-n2nnc3ccccc3c2=O)cc1. The summed E-state index contributed by atoms with van der Waals surface area (Å²) < 4.78 is 1.20. The van der Waals surface area contributed by atoms with Crippen LogP contribution in [0.5, 0.6) is 0 Å². The van der Waals surface area contributed by atoms with Gasteiger partial charge in [-0.1, -0.05) is 29.5 Å². The Balaban J connectivity index is 2.06. The lowest BCUT2D eigenvalue weighted by Crippen LogP contribution is -2.22. The van der Waals surface area contributed by atoms with Crippen molar-refractivity contribution in [2.45, 2.75) is 6.42 Å². The van der Waals surface area contributed by atoms with Gasteiger partial charge in [-0.3, -0.25) is 9.59 Å². The topological polar surface area (TPSA) is 85.1 Å². The van der Waals surface area contributed by atoms with Gasteiger partial charge < -0.3 is 5.11 Å². The molecule has 0 saturated carbocycles. The molecule has 2 aromatic carbocycles. The van der Waals surface area contributed by atoms with E-state index < -0.39 is 5.97 Å². The fraction of sp³-hybridized carbons (Fsp3) is 0.0667. The van der Waals surface area contributed by atoms with Crippen molar-refractivity contribution < 1.29 is 9.90 Å². The first-order valence-electron chi connectivity index (χ1n) is 6.31. The minimum Gasteiger partial charge on any atom is -0.481 e. The quantitative estimate of drug-likeness (QED) is 0.784. The Morgan fingerprint density at radius 3 is 2.52 bits per heavy atom. The van der Waals surface area contributed by atoms with E-state index in [1.807, 2.05) is 0 Å². The molecule has 0 atom stereocenters. The highest BCUT2D eigenvalue weighted by Gasteiger charge is 2.07. The van der Waals surface area contributed by atoms with Crippen LogP contribution in [0.2, 0.25) is 0 Å². The fourth-order valence-electron chi connectivity index (χ4n) is 2.09. The molecular weight excluding hydrogens is 270 g/mol. The molecule has 0 bridgehead atoms. The van der Waals surface area contributed by atoms with Gasteiger partial charge in [0.2, 0.25) is 0 Å². The Labute approximate surface area is 119 Å². The molecule has 1 aromatic heterocycles. The lowest BCUT2D eigenvalue weighted by Gasteiger charge is -2.05. The number of hydrogen-bond donors (Lipinski definition) is 1. The van der Waals surface area contributed by atoms with Crippen molar-refractivity contribution in [1.82, 2.24) is 15.0 Å². The number of nitrogens with zero attached hydrogens (tertiary/aromatic N) is 3. The number of carbonyl (C=O) groups is 1. The van der Waals surface area contributed by atoms with Crippen molar-refractivity contribution in [1.29, 1.82) is 0 Å². The Kier molecular flexibility index (Phi) is 3.19. The first-order chi connectivity index (χ1) is 10.1. The van der Waals surface area contributed by atoms with Crippen molar-refractivity contribution in [3.05, 3.63) is 64.4 Å². The Morgan fingerprint density at radius 2 is 1.81 bits per heavy atom. The summed E-state index contributed by atoms with van der Waals surface area (Å²) in [7, 11) is 0. The summed E-state index contributed by atoms with van der Waals surface area (Å²) in [5, 5.41) is 17.1. The first-order valence-corrected chi connectivity index (χ1v) is 6.31. The fourth-order valence-corrected chi connectivity index (χ4v) is 2.09. The number of carboxylic acid groups (broad SMARTS) is 1. The van der Waals surface area contributed by atoms with Gasteiger partial charge >= 0.3 is 5.97 Å². The lowest BCUT2D eigenvalue weighted by atomic mass is 10.1. The van der Waals surface area contributed by atoms with E-state index in [0.717, 1.165) is 0 Å². The van der Waals surface area contributed by atoms with Gasteiger partial charge in [-0.2, -0.15) is 4.68 Å². The van der Waals surface area contributed by atoms with Gasteiger partial charge in [-0.15, -0.1) is 5.10 Å². The second-order valence-electron chi connectivity index (χ2n) is 4.56. The maximum Gasteiger partial charge on any atom is 0.307 e. The van der Waals surface area contributed by atoms with Crippen molar-refractivity contribution in [3.63, 3.8) is 0 Å². The van der Waals surface area contributed by atoms with Crippen molar-refractivity contribution in [3.8, 4) is 5.69 Å². The van der Waals surface area contributed by atoms with Crippen LogP contribution in [0.3, 0.4) is 0 Å². The molecule has 3 aromatic rings. The summed E-state index contributed by atoms with van der Waals surface area (Å²) in [5.74, 6) is -0.898. The molecule has 6 nitrogen and oxygen atoms in total. The van der Waals surface area contributed by atoms with Crippen molar-refractivity contribution >= 4 is 16.9 Å². The van der Waals surface area contributed by atoms with Crippen molar-refractivity contribution in [2.24, 2.45) is 0 Å². The van der Waals surface area contributed by atoms with Crippen molar-refractivity contribution in [2.75, 3.05) is 0 Å². The number of benzene rings is 2. The molecule has 0 radical (unpaired) electrons. The zero-order valence-corrected chi connectivity index (χ0v) is 10.9. The molecule has 104 valence electrons. The largest absolute Gasteiger partial charge is 0.481 e. The van der Waals surface area contributed by atoms with Gasteiger partial charge in [0.1, 0.15) is 5.52 Å². The van der Waals surface area contributed by atoms with E-state index in [2.05, 4.69) is 10.3 Å². The van der Waals surface area contributed by atoms with Gasteiger partial charge in [0.05, 0.1) is 17.5 Å². The molecule has 0 fully saturated rings. The second-order valence-corrected chi connectivity index (χ2v) is 4.56. The number of rotatable bonds is 3. The third-order valence-corrected chi connectivity index (χ3v) is 3.10. The minimum absolute atomic E-state index is 0.0570. The lowest BCUT2D eigenvalue weighted by molar-refractivity contribution is -0.136. The maximum atomic E-state index is 12.4. The van der Waals surface area contributed by atoms with E-state index in [-0.39, 0.29) is 12.0 Å². The summed E-state index contributed by atoms with van der Waals surface area (Å²) in [4.78, 5) is 23.0. The molecule has 1 heterocycles. The third-order valence-electron chi connectivity index (χ3n) is 3.10. The van der Waals surface area contributed by atoms with E-state index in [4.69, 9.17) is 5.11 Å². The zero-order valence-electron chi connectivity index (χ0n) is 10.9. The summed E-state index contributed by atoms with van der Waals surface area (Å²) in [6, 6.07) is 13.6. The van der Waals surface area contributed by atoms with Gasteiger partial charge in [0, 0.05) is 0 Å². The molecule has 0 aliphatic carbocycles. The number of fused-ring (bicyclic) bond motifs is 1. The van der Waals surface area contributed by atoms with Crippen LogP contribution in [-0.4, -0.2) is 26.1 Å². The summed E-state index contributed by atoms with van der Waals surface area (Å²) in [6.07, 6.45) is -0.0570. The second kappa shape index (κ2) is 5.16. The predicted octanol–water partition coefficient (Wildman–Crippen LogP) is 1.41. The number of aliphatic carboxylic acids is 1. The van der Waals surface area contributed by atoms with E-state index in [9.17, 15) is 9.59 Å². The van der Waals surface area contributed by atoms with E-state index in [1.54, 1.807) is 48.5 Å². The molecule has 0 aliphatic heterocycles. The van der Waals surface area contributed by atoms with Crippen LogP contribution in [0, 0.1) is 0 Å².